The third-order valence-corrected chi connectivity index (χ3v) is 8.18. The molecule has 184 valence electrons. The number of nitrogens with two attached hydrogens (primary N) is 2. The topological polar surface area (TPSA) is 148 Å². The molecule has 34 heavy (non-hydrogen) atoms. The van der Waals surface area contributed by atoms with E-state index in [1.54, 1.807) is 12.1 Å². The predicted molar refractivity (Wildman–Crippen MR) is 124 cm³/mol. The summed E-state index contributed by atoms with van der Waals surface area (Å²) in [5, 5.41) is 20.5. The van der Waals surface area contributed by atoms with Crippen LogP contribution in [-0.2, 0) is 27.8 Å². The molecule has 2 aliphatic heterocycles. The maximum Gasteiger partial charge on any atom is 0.328 e. The number of hydrogen-bond acceptors (Lipinski definition) is 8. The number of nitrogens with zero attached hydrogens (tertiary/aromatic N) is 1. The number of unbranched alkanes of at least 4 members (excludes halogenated alkanes) is 1. The minimum atomic E-state index is -0.955. The number of aliphatic hydroxyl groups excluding tert-OH is 1. The second kappa shape index (κ2) is 8.64. The molecule has 5 rings (SSSR count). The molecule has 9 nitrogen and oxygen atoms in total. The van der Waals surface area contributed by atoms with E-state index in [2.05, 4.69) is 18.0 Å². The number of carboxylic acids is 1. The van der Waals surface area contributed by atoms with Crippen molar-refractivity contribution in [2.75, 3.05) is 20.1 Å². The summed E-state index contributed by atoms with van der Waals surface area (Å²) in [6.07, 6.45) is 5.76. The first kappa shape index (κ1) is 23.3. The Hall–Kier alpha value is -2.46. The Morgan fingerprint density at radius 2 is 2.15 bits per heavy atom. The van der Waals surface area contributed by atoms with E-state index in [0.717, 1.165) is 30.5 Å². The van der Waals surface area contributed by atoms with E-state index in [1.165, 1.54) is 0 Å². The van der Waals surface area contributed by atoms with Gasteiger partial charge in [0, 0.05) is 22.9 Å². The van der Waals surface area contributed by atoms with Gasteiger partial charge in [-0.2, -0.15) is 0 Å². The molecular formula is C25H33N3O6. The monoisotopic (exact) mass is 471 g/mol. The summed E-state index contributed by atoms with van der Waals surface area (Å²) >= 11 is 0. The number of carboxylic acid groups (broad SMARTS) is 1. The van der Waals surface area contributed by atoms with Crippen molar-refractivity contribution in [3.8, 4) is 11.5 Å². The van der Waals surface area contributed by atoms with Crippen molar-refractivity contribution in [1.29, 1.82) is 0 Å². The summed E-state index contributed by atoms with van der Waals surface area (Å²) in [7, 11) is 2.09. The molecular weight excluding hydrogens is 438 g/mol. The maximum absolute atomic E-state index is 12.8. The number of aliphatic hydroxyl groups is 1. The van der Waals surface area contributed by atoms with Crippen LogP contribution in [0.25, 0.3) is 0 Å². The number of piperidine rings is 1. The zero-order chi connectivity index (χ0) is 24.2. The molecule has 4 aliphatic rings. The molecule has 0 radical (unpaired) electrons. The lowest BCUT2D eigenvalue weighted by Gasteiger charge is -2.56. The fourth-order valence-corrected chi connectivity index (χ4v) is 6.59. The van der Waals surface area contributed by atoms with Crippen LogP contribution in [-0.4, -0.2) is 71.5 Å². The molecule has 2 heterocycles. The first-order valence-electron chi connectivity index (χ1n) is 12.1. The quantitative estimate of drug-likeness (QED) is 0.184. The number of hydrogen-bond donors (Lipinski definition) is 4. The largest absolute Gasteiger partial charge is 0.482 e. The van der Waals surface area contributed by atoms with Crippen LogP contribution in [0, 0.1) is 5.92 Å². The van der Waals surface area contributed by atoms with Gasteiger partial charge >= 0.3 is 11.9 Å². The van der Waals surface area contributed by atoms with Crippen LogP contribution in [0.5, 0.6) is 11.5 Å². The van der Waals surface area contributed by atoms with Gasteiger partial charge < -0.3 is 36.1 Å². The first-order valence-corrected chi connectivity index (χ1v) is 12.1. The van der Waals surface area contributed by atoms with Gasteiger partial charge in [-0.25, -0.2) is 4.79 Å². The van der Waals surface area contributed by atoms with Crippen LogP contribution >= 0.6 is 0 Å². The predicted octanol–water partition coefficient (Wildman–Crippen LogP) is 0.481. The standard InChI is InChI=1S/C25H33N3O6/c1-28-9-7-25-15-5-6-18(29)23(25)34-22-19(33-24(32)16(27)4-2-3-8-26)10-13(11-20(30)31)14(21(22)25)12-17(15)28/h5-6,10,15-18,23,29H,2-4,7-9,11-12,26-27H2,1H3,(H,30,31)/t15-,16-,17+,18-,23-,25-/m0/s1. The number of aliphatic carboxylic acids is 1. The van der Waals surface area contributed by atoms with E-state index in [4.69, 9.17) is 20.9 Å². The molecule has 0 saturated carbocycles. The van der Waals surface area contributed by atoms with E-state index in [1.807, 2.05) is 0 Å². The molecule has 0 aromatic heterocycles. The third kappa shape index (κ3) is 3.45. The SMILES string of the molecule is CN1CC[C@]23c4c5c(CC(=O)O)cc(OC(=O)[C@@H](N)CCCCN)c4O[C@H]2[C@@H](O)C=C[C@H]3[C@H]1C5. The number of carbonyl (C=O) groups excluding carboxylic acids is 1. The van der Waals surface area contributed by atoms with Crippen LogP contribution < -0.4 is 20.9 Å². The zero-order valence-electron chi connectivity index (χ0n) is 19.4. The molecule has 1 saturated heterocycles. The number of likely N-dealkylation sites (N-methyl/N-ethyl adjacent to an activating group) is 1. The smallest absolute Gasteiger partial charge is 0.328 e. The average molecular weight is 472 g/mol. The highest BCUT2D eigenvalue weighted by atomic mass is 16.6. The molecule has 6 N–H and O–H groups in total. The van der Waals surface area contributed by atoms with Gasteiger partial charge in [-0.05, 0) is 63.0 Å². The second-order valence-corrected chi connectivity index (χ2v) is 10.1. The Bertz CT molecular complexity index is 1040. The molecule has 1 aromatic rings. The van der Waals surface area contributed by atoms with Gasteiger partial charge in [0.1, 0.15) is 18.2 Å². The van der Waals surface area contributed by atoms with Crippen molar-refractivity contribution in [2.24, 2.45) is 17.4 Å². The van der Waals surface area contributed by atoms with Crippen LogP contribution in [0.2, 0.25) is 0 Å². The average Bonchev–Trinajstić information content (AvgIpc) is 3.14. The van der Waals surface area contributed by atoms with E-state index < -0.39 is 35.6 Å². The van der Waals surface area contributed by atoms with Crippen molar-refractivity contribution in [1.82, 2.24) is 4.90 Å². The van der Waals surface area contributed by atoms with Crippen molar-refractivity contribution in [3.05, 3.63) is 34.9 Å². The number of benzene rings is 1. The van der Waals surface area contributed by atoms with Gasteiger partial charge in [-0.3, -0.25) is 4.79 Å². The normalized spacial score (nSPS) is 31.5. The van der Waals surface area contributed by atoms with E-state index >= 15 is 0 Å². The fourth-order valence-electron chi connectivity index (χ4n) is 6.59. The van der Waals surface area contributed by atoms with E-state index in [9.17, 15) is 19.8 Å². The molecule has 0 amide bonds. The lowest BCUT2D eigenvalue weighted by Crippen LogP contribution is -2.64. The summed E-state index contributed by atoms with van der Waals surface area (Å²) in [4.78, 5) is 26.9. The van der Waals surface area contributed by atoms with E-state index in [0.29, 0.717) is 37.1 Å². The molecule has 9 heteroatoms. The molecule has 1 fully saturated rings. The highest BCUT2D eigenvalue weighted by Gasteiger charge is 2.64. The summed E-state index contributed by atoms with van der Waals surface area (Å²) in [5.41, 5.74) is 13.6. The lowest BCUT2D eigenvalue weighted by atomic mass is 9.53. The molecule has 1 aromatic carbocycles. The van der Waals surface area contributed by atoms with Crippen molar-refractivity contribution in [3.63, 3.8) is 0 Å². The van der Waals surface area contributed by atoms with Gasteiger partial charge in [-0.15, -0.1) is 0 Å². The minimum Gasteiger partial charge on any atom is -0.482 e. The van der Waals surface area contributed by atoms with Gasteiger partial charge in [0.25, 0.3) is 0 Å². The fraction of sp³-hybridized carbons (Fsp3) is 0.600. The zero-order valence-corrected chi connectivity index (χ0v) is 19.4. The highest BCUT2D eigenvalue weighted by molar-refractivity contribution is 5.80. The summed E-state index contributed by atoms with van der Waals surface area (Å²) in [6, 6.07) is 0.989. The maximum atomic E-state index is 12.8. The summed E-state index contributed by atoms with van der Waals surface area (Å²) in [5.74, 6) is -0.772. The Balaban J connectivity index is 1.60. The Kier molecular flexibility index (Phi) is 5.92. The Morgan fingerprint density at radius 3 is 2.88 bits per heavy atom. The van der Waals surface area contributed by atoms with Gasteiger partial charge in [0.05, 0.1) is 6.42 Å². The first-order chi connectivity index (χ1) is 16.3. The number of esters is 1. The molecule has 2 aliphatic carbocycles. The van der Waals surface area contributed by atoms with Crippen molar-refractivity contribution < 1.29 is 29.3 Å². The molecule has 6 atom stereocenters. The Labute approximate surface area is 198 Å². The number of rotatable bonds is 8. The highest BCUT2D eigenvalue weighted by Crippen LogP contribution is 2.63. The van der Waals surface area contributed by atoms with Crippen molar-refractivity contribution in [2.45, 2.75) is 68.2 Å². The van der Waals surface area contributed by atoms with Crippen LogP contribution in [0.1, 0.15) is 42.4 Å². The third-order valence-electron chi connectivity index (χ3n) is 8.18. The Morgan fingerprint density at radius 1 is 1.35 bits per heavy atom. The molecule has 0 unspecified atom stereocenters. The number of ether oxygens (including phenoxy) is 2. The van der Waals surface area contributed by atoms with Gasteiger partial charge in [0.15, 0.2) is 11.5 Å². The van der Waals surface area contributed by atoms with Crippen molar-refractivity contribution >= 4 is 11.9 Å². The molecule has 2 bridgehead atoms. The lowest BCUT2D eigenvalue weighted by molar-refractivity contribution is -0.136. The van der Waals surface area contributed by atoms with Crippen LogP contribution in [0.15, 0.2) is 18.2 Å². The van der Waals surface area contributed by atoms with Crippen LogP contribution in [0.3, 0.4) is 0 Å². The molecule has 1 spiro atoms. The van der Waals surface area contributed by atoms with E-state index in [-0.39, 0.29) is 24.1 Å². The summed E-state index contributed by atoms with van der Waals surface area (Å²) < 4.78 is 12.2. The number of likely N-dealkylation sites (tertiary alicyclic amines) is 1. The second-order valence-electron chi connectivity index (χ2n) is 10.1. The minimum absolute atomic E-state index is 0.121. The number of carbonyl (C=O) groups is 2. The summed E-state index contributed by atoms with van der Waals surface area (Å²) in [6.45, 7) is 1.37. The van der Waals surface area contributed by atoms with Gasteiger partial charge in [-0.1, -0.05) is 18.6 Å². The van der Waals surface area contributed by atoms with Crippen LogP contribution in [0.4, 0.5) is 0 Å². The van der Waals surface area contributed by atoms with Gasteiger partial charge in [0.2, 0.25) is 0 Å².